The van der Waals surface area contributed by atoms with E-state index >= 15 is 0 Å². The van der Waals surface area contributed by atoms with Crippen LogP contribution in [0.25, 0.3) is 11.1 Å². The zero-order valence-electron chi connectivity index (χ0n) is 13.8. The molecule has 2 aromatic rings. The molecule has 3 heteroatoms. The number of aryl methyl sites for hydroxylation is 1. The Labute approximate surface area is 138 Å². The van der Waals surface area contributed by atoms with Gasteiger partial charge in [0.05, 0.1) is 0 Å². The van der Waals surface area contributed by atoms with E-state index in [0.29, 0.717) is 12.5 Å². The maximum Gasteiger partial charge on any atom is 0.223 e. The van der Waals surface area contributed by atoms with Crippen molar-refractivity contribution in [2.45, 2.75) is 20.4 Å². The first-order valence-corrected chi connectivity index (χ1v) is 8.28. The topological polar surface area (TPSA) is 41.1 Å². The molecule has 0 bridgehead atoms. The number of hydrogen-bond acceptors (Lipinski definition) is 2. The van der Waals surface area contributed by atoms with E-state index in [4.69, 9.17) is 0 Å². The average Bonchev–Trinajstić information content (AvgIpc) is 2.51. The fourth-order valence-electron chi connectivity index (χ4n) is 2.87. The van der Waals surface area contributed by atoms with Gasteiger partial charge in [-0.3, -0.25) is 4.79 Å². The van der Waals surface area contributed by atoms with Crippen molar-refractivity contribution < 1.29 is 4.79 Å². The summed E-state index contributed by atoms with van der Waals surface area (Å²) in [6, 6.07) is 16.9. The highest BCUT2D eigenvalue weighted by atomic mass is 16.1. The largest absolute Gasteiger partial charge is 0.352 e. The van der Waals surface area contributed by atoms with Crippen molar-refractivity contribution in [1.29, 1.82) is 0 Å². The van der Waals surface area contributed by atoms with Crippen LogP contribution in [-0.2, 0) is 11.3 Å². The van der Waals surface area contributed by atoms with E-state index in [1.165, 1.54) is 16.7 Å². The first kappa shape index (κ1) is 15.8. The first-order chi connectivity index (χ1) is 11.1. The third-order valence-electron chi connectivity index (χ3n) is 4.71. The van der Waals surface area contributed by atoms with Gasteiger partial charge in [-0.25, -0.2) is 0 Å². The van der Waals surface area contributed by atoms with E-state index in [0.717, 1.165) is 18.7 Å². The third-order valence-corrected chi connectivity index (χ3v) is 4.71. The van der Waals surface area contributed by atoms with Crippen LogP contribution in [0.1, 0.15) is 18.1 Å². The molecule has 0 aromatic heterocycles. The molecule has 3 nitrogen and oxygen atoms in total. The summed E-state index contributed by atoms with van der Waals surface area (Å²) in [7, 11) is 0. The minimum atomic E-state index is 0.0859. The Bertz CT molecular complexity index is 674. The Balaban J connectivity index is 1.58. The van der Waals surface area contributed by atoms with Gasteiger partial charge in [0, 0.05) is 12.5 Å². The van der Waals surface area contributed by atoms with Gasteiger partial charge in [0.1, 0.15) is 0 Å². The molecule has 1 fully saturated rings. The standard InChI is InChI=1S/C20H24N2O/c1-14-4-3-5-18(10-14)17-8-6-16(7-9-17)11-22-20(23)15(2)19-12-21-13-19/h3-10,15,19,21H,11-13H2,1-2H3,(H,22,23). The lowest BCUT2D eigenvalue weighted by molar-refractivity contribution is -0.126. The van der Waals surface area contributed by atoms with Crippen LogP contribution in [-0.4, -0.2) is 19.0 Å². The van der Waals surface area contributed by atoms with E-state index in [1.807, 2.05) is 6.92 Å². The summed E-state index contributed by atoms with van der Waals surface area (Å²) in [4.78, 5) is 12.1. The quantitative estimate of drug-likeness (QED) is 0.891. The second kappa shape index (κ2) is 6.97. The average molecular weight is 308 g/mol. The van der Waals surface area contributed by atoms with E-state index in [1.54, 1.807) is 0 Å². The minimum Gasteiger partial charge on any atom is -0.352 e. The highest BCUT2D eigenvalue weighted by Gasteiger charge is 2.28. The first-order valence-electron chi connectivity index (χ1n) is 8.28. The number of carbonyl (C=O) groups is 1. The molecule has 0 spiro atoms. The molecule has 1 atom stereocenters. The van der Waals surface area contributed by atoms with Gasteiger partial charge < -0.3 is 10.6 Å². The molecule has 1 aliphatic rings. The Morgan fingerprint density at radius 3 is 2.52 bits per heavy atom. The van der Waals surface area contributed by atoms with E-state index in [2.05, 4.69) is 66.1 Å². The van der Waals surface area contributed by atoms with Gasteiger partial charge in [0.15, 0.2) is 0 Å². The molecule has 1 aliphatic heterocycles. The van der Waals surface area contributed by atoms with Crippen molar-refractivity contribution in [3.63, 3.8) is 0 Å². The molecule has 1 unspecified atom stereocenters. The summed E-state index contributed by atoms with van der Waals surface area (Å²) in [6.07, 6.45) is 0. The third kappa shape index (κ3) is 3.80. The van der Waals surface area contributed by atoms with Crippen molar-refractivity contribution in [3.8, 4) is 11.1 Å². The number of amides is 1. The van der Waals surface area contributed by atoms with Gasteiger partial charge >= 0.3 is 0 Å². The Morgan fingerprint density at radius 2 is 1.91 bits per heavy atom. The number of benzene rings is 2. The lowest BCUT2D eigenvalue weighted by Crippen LogP contribution is -2.49. The number of nitrogens with one attached hydrogen (secondary N) is 2. The smallest absolute Gasteiger partial charge is 0.223 e. The second-order valence-corrected chi connectivity index (χ2v) is 6.49. The van der Waals surface area contributed by atoms with E-state index in [-0.39, 0.29) is 11.8 Å². The number of hydrogen-bond donors (Lipinski definition) is 2. The van der Waals surface area contributed by atoms with Crippen molar-refractivity contribution in [3.05, 3.63) is 59.7 Å². The van der Waals surface area contributed by atoms with Gasteiger partial charge in [-0.2, -0.15) is 0 Å². The lowest BCUT2D eigenvalue weighted by Gasteiger charge is -2.31. The van der Waals surface area contributed by atoms with Crippen molar-refractivity contribution in [2.24, 2.45) is 11.8 Å². The SMILES string of the molecule is Cc1cccc(-c2ccc(CNC(=O)C(C)C3CNC3)cc2)c1. The summed E-state index contributed by atoms with van der Waals surface area (Å²) in [6.45, 7) is 6.63. The molecule has 3 rings (SSSR count). The summed E-state index contributed by atoms with van der Waals surface area (Å²) >= 11 is 0. The fraction of sp³-hybridized carbons (Fsp3) is 0.350. The van der Waals surface area contributed by atoms with E-state index < -0.39 is 0 Å². The van der Waals surface area contributed by atoms with Gasteiger partial charge in [0.2, 0.25) is 5.91 Å². The van der Waals surface area contributed by atoms with Crippen LogP contribution in [0.4, 0.5) is 0 Å². The Kier molecular flexibility index (Phi) is 4.77. The normalized spacial score (nSPS) is 15.7. The molecule has 2 aromatic carbocycles. The molecule has 1 amide bonds. The van der Waals surface area contributed by atoms with Crippen LogP contribution in [0.5, 0.6) is 0 Å². The van der Waals surface area contributed by atoms with Crippen molar-refractivity contribution in [2.75, 3.05) is 13.1 Å². The summed E-state index contributed by atoms with van der Waals surface area (Å²) in [5.74, 6) is 0.723. The molecule has 120 valence electrons. The maximum atomic E-state index is 12.1. The molecule has 2 N–H and O–H groups in total. The number of carbonyl (C=O) groups excluding carboxylic acids is 1. The Morgan fingerprint density at radius 1 is 1.17 bits per heavy atom. The zero-order chi connectivity index (χ0) is 16.2. The number of rotatable bonds is 5. The van der Waals surface area contributed by atoms with Crippen LogP contribution < -0.4 is 10.6 Å². The monoisotopic (exact) mass is 308 g/mol. The van der Waals surface area contributed by atoms with Crippen molar-refractivity contribution >= 4 is 5.91 Å². The molecule has 23 heavy (non-hydrogen) atoms. The predicted molar refractivity (Wildman–Crippen MR) is 94.0 cm³/mol. The van der Waals surface area contributed by atoms with Gasteiger partial charge in [-0.05, 0) is 42.6 Å². The van der Waals surface area contributed by atoms with E-state index in [9.17, 15) is 4.79 Å². The van der Waals surface area contributed by atoms with Gasteiger partial charge in [-0.15, -0.1) is 0 Å². The van der Waals surface area contributed by atoms with Gasteiger partial charge in [-0.1, -0.05) is 61.0 Å². The molecule has 0 aliphatic carbocycles. The molecular weight excluding hydrogens is 284 g/mol. The predicted octanol–water partition coefficient (Wildman–Crippen LogP) is 3.13. The molecular formula is C20H24N2O. The van der Waals surface area contributed by atoms with Crippen LogP contribution in [0.15, 0.2) is 48.5 Å². The minimum absolute atomic E-state index is 0.0859. The zero-order valence-corrected chi connectivity index (χ0v) is 13.8. The molecule has 0 saturated carbocycles. The van der Waals surface area contributed by atoms with Crippen LogP contribution >= 0.6 is 0 Å². The lowest BCUT2D eigenvalue weighted by atomic mass is 9.88. The Hall–Kier alpha value is -2.13. The van der Waals surface area contributed by atoms with Gasteiger partial charge in [0.25, 0.3) is 0 Å². The molecule has 0 radical (unpaired) electrons. The molecule has 1 saturated heterocycles. The highest BCUT2D eigenvalue weighted by Crippen LogP contribution is 2.21. The summed E-state index contributed by atoms with van der Waals surface area (Å²) < 4.78 is 0. The summed E-state index contributed by atoms with van der Waals surface area (Å²) in [5.41, 5.74) is 4.83. The highest BCUT2D eigenvalue weighted by molar-refractivity contribution is 5.78. The summed E-state index contributed by atoms with van der Waals surface area (Å²) in [5, 5.41) is 6.27. The second-order valence-electron chi connectivity index (χ2n) is 6.49. The van der Waals surface area contributed by atoms with Crippen LogP contribution in [0, 0.1) is 18.8 Å². The van der Waals surface area contributed by atoms with Crippen LogP contribution in [0.2, 0.25) is 0 Å². The van der Waals surface area contributed by atoms with Crippen molar-refractivity contribution in [1.82, 2.24) is 10.6 Å². The molecule has 1 heterocycles. The fourth-order valence-corrected chi connectivity index (χ4v) is 2.87. The van der Waals surface area contributed by atoms with Crippen LogP contribution in [0.3, 0.4) is 0 Å². The maximum absolute atomic E-state index is 12.1.